The number of hydrogen-bond donors (Lipinski definition) is 0. The first kappa shape index (κ1) is 35.3. The number of benzene rings is 10. The minimum absolute atomic E-state index is 0.108. The average Bonchev–Trinajstić information content (AvgIpc) is 3.57. The van der Waals surface area contributed by atoms with Gasteiger partial charge in [0.2, 0.25) is 0 Å². The van der Waals surface area contributed by atoms with Crippen molar-refractivity contribution in [2.75, 3.05) is 0 Å². The zero-order valence-electron chi connectivity index (χ0n) is 34.0. The summed E-state index contributed by atoms with van der Waals surface area (Å²) < 4.78 is 0. The lowest BCUT2D eigenvalue weighted by Gasteiger charge is -2.22. The van der Waals surface area contributed by atoms with Gasteiger partial charge in [-0.25, -0.2) is 9.97 Å². The van der Waals surface area contributed by atoms with Gasteiger partial charge in [-0.15, -0.1) is 0 Å². The molecule has 0 spiro atoms. The number of nitrogens with zero attached hydrogens (tertiary/aromatic N) is 2. The Hall–Kier alpha value is -7.68. The normalized spacial score (nSPS) is 12.9. The van der Waals surface area contributed by atoms with Crippen LogP contribution in [-0.2, 0) is 5.41 Å². The highest BCUT2D eigenvalue weighted by atomic mass is 14.9. The molecule has 0 radical (unpaired) electrons. The largest absolute Gasteiger partial charge is 0.228 e. The highest BCUT2D eigenvalue weighted by molar-refractivity contribution is 6.14. The third kappa shape index (κ3) is 5.56. The summed E-state index contributed by atoms with van der Waals surface area (Å²) in [6.45, 7) is 4.75. The lowest BCUT2D eigenvalue weighted by atomic mass is 9.81. The van der Waals surface area contributed by atoms with Gasteiger partial charge in [-0.1, -0.05) is 208 Å². The van der Waals surface area contributed by atoms with E-state index in [1.807, 2.05) is 18.2 Å². The fourth-order valence-corrected chi connectivity index (χ4v) is 10.1. The molecule has 1 aliphatic carbocycles. The topological polar surface area (TPSA) is 25.8 Å². The van der Waals surface area contributed by atoms with Crippen molar-refractivity contribution >= 4 is 43.1 Å². The van der Waals surface area contributed by atoms with Gasteiger partial charge in [0.25, 0.3) is 0 Å². The Kier molecular flexibility index (Phi) is 7.92. The van der Waals surface area contributed by atoms with Crippen LogP contribution in [0.5, 0.6) is 0 Å². The van der Waals surface area contributed by atoms with Gasteiger partial charge in [0.1, 0.15) is 0 Å². The van der Waals surface area contributed by atoms with Crippen LogP contribution < -0.4 is 0 Å². The van der Waals surface area contributed by atoms with Gasteiger partial charge in [0.05, 0.1) is 11.4 Å². The smallest absolute Gasteiger partial charge is 0.160 e. The number of fused-ring (bicyclic) bond motifs is 8. The van der Waals surface area contributed by atoms with Crippen LogP contribution in [-0.4, -0.2) is 9.97 Å². The molecule has 1 aliphatic rings. The fourth-order valence-electron chi connectivity index (χ4n) is 10.1. The van der Waals surface area contributed by atoms with Gasteiger partial charge in [-0.05, 0) is 99.7 Å². The highest BCUT2D eigenvalue weighted by Crippen LogP contribution is 2.55. The molecular formula is C59H40N2. The van der Waals surface area contributed by atoms with Crippen LogP contribution in [0.3, 0.4) is 0 Å². The van der Waals surface area contributed by atoms with Crippen molar-refractivity contribution in [3.05, 3.63) is 217 Å². The predicted molar refractivity (Wildman–Crippen MR) is 257 cm³/mol. The molecule has 1 aromatic heterocycles. The maximum Gasteiger partial charge on any atom is 0.160 e. The van der Waals surface area contributed by atoms with E-state index in [4.69, 9.17) is 9.97 Å². The molecule has 0 fully saturated rings. The van der Waals surface area contributed by atoms with E-state index >= 15 is 0 Å². The molecule has 2 heteroatoms. The van der Waals surface area contributed by atoms with Crippen molar-refractivity contribution in [2.45, 2.75) is 19.3 Å². The van der Waals surface area contributed by atoms with E-state index in [9.17, 15) is 0 Å². The number of aromatic nitrogens is 2. The summed E-state index contributed by atoms with van der Waals surface area (Å²) in [5.74, 6) is 0.711. The van der Waals surface area contributed by atoms with Crippen LogP contribution >= 0.6 is 0 Å². The van der Waals surface area contributed by atoms with E-state index < -0.39 is 0 Å². The Labute approximate surface area is 355 Å². The second-order valence-electron chi connectivity index (χ2n) is 16.9. The van der Waals surface area contributed by atoms with E-state index in [-0.39, 0.29) is 5.41 Å². The standard InChI is InChI=1S/C59H40N2/c1-59(2)52-26-14-25-51(57(52)56-42-20-9-8-16-38(42)29-34-53(56)59)49-31-30-47(43-21-10-11-22-44(43)49)48-32-33-50(46-24-13-12-23-45(46)48)55-36-54(60-58(61-55)39-17-4-3-5-18-39)41-28-27-37-15-6-7-19-40(37)35-41/h3-36H,1-2H3. The van der Waals surface area contributed by atoms with Crippen LogP contribution in [0, 0.1) is 0 Å². The van der Waals surface area contributed by atoms with Crippen LogP contribution in [0.1, 0.15) is 25.0 Å². The molecule has 0 unspecified atom stereocenters. The molecule has 0 amide bonds. The van der Waals surface area contributed by atoms with Crippen LogP contribution in [0.15, 0.2) is 206 Å². The summed E-state index contributed by atoms with van der Waals surface area (Å²) in [5.41, 5.74) is 15.3. The first-order valence-corrected chi connectivity index (χ1v) is 21.2. The highest BCUT2D eigenvalue weighted by Gasteiger charge is 2.38. The third-order valence-electron chi connectivity index (χ3n) is 13.1. The quantitative estimate of drug-likeness (QED) is 0.174. The van der Waals surface area contributed by atoms with E-state index in [1.54, 1.807) is 0 Å². The second kappa shape index (κ2) is 13.7. The van der Waals surface area contributed by atoms with Gasteiger partial charge >= 0.3 is 0 Å². The SMILES string of the molecule is CC1(C)c2cccc(-c3ccc(-c4ccc(-c5cc(-c6ccc7ccccc7c6)nc(-c6ccccc6)n5)c5ccccc45)c4ccccc34)c2-c2c1ccc1ccccc21. The molecule has 1 heterocycles. The zero-order valence-corrected chi connectivity index (χ0v) is 34.0. The summed E-state index contributed by atoms with van der Waals surface area (Å²) in [7, 11) is 0. The van der Waals surface area contributed by atoms with E-state index in [1.165, 1.54) is 82.2 Å². The minimum atomic E-state index is -0.108. The van der Waals surface area contributed by atoms with Crippen molar-refractivity contribution in [3.63, 3.8) is 0 Å². The van der Waals surface area contributed by atoms with Gasteiger partial charge < -0.3 is 0 Å². The lowest BCUT2D eigenvalue weighted by Crippen LogP contribution is -2.14. The third-order valence-corrected chi connectivity index (χ3v) is 13.1. The molecule has 61 heavy (non-hydrogen) atoms. The molecule has 0 N–H and O–H groups in total. The Morgan fingerprint density at radius 2 is 0.836 bits per heavy atom. The van der Waals surface area contributed by atoms with Crippen LogP contribution in [0.4, 0.5) is 0 Å². The molecule has 0 saturated carbocycles. The van der Waals surface area contributed by atoms with Crippen molar-refractivity contribution in [3.8, 4) is 67.3 Å². The molecule has 0 bridgehead atoms. The van der Waals surface area contributed by atoms with Crippen molar-refractivity contribution in [1.82, 2.24) is 9.97 Å². The Morgan fingerprint density at radius 1 is 0.311 bits per heavy atom. The number of hydrogen-bond acceptors (Lipinski definition) is 2. The lowest BCUT2D eigenvalue weighted by molar-refractivity contribution is 0.661. The summed E-state index contributed by atoms with van der Waals surface area (Å²) in [6.07, 6.45) is 0. The van der Waals surface area contributed by atoms with Crippen molar-refractivity contribution in [2.24, 2.45) is 0 Å². The van der Waals surface area contributed by atoms with Gasteiger partial charge in [0.15, 0.2) is 5.82 Å². The Balaban J connectivity index is 1.04. The molecule has 0 saturated heterocycles. The maximum atomic E-state index is 5.27. The molecule has 12 rings (SSSR count). The summed E-state index contributed by atoms with van der Waals surface area (Å²) in [5, 5.41) is 9.81. The average molecular weight is 777 g/mol. The van der Waals surface area contributed by atoms with E-state index in [0.29, 0.717) is 5.82 Å². The second-order valence-corrected chi connectivity index (χ2v) is 16.9. The predicted octanol–water partition coefficient (Wildman–Crippen LogP) is 15.7. The van der Waals surface area contributed by atoms with Crippen LogP contribution in [0.25, 0.3) is 110 Å². The molecular weight excluding hydrogens is 737 g/mol. The summed E-state index contributed by atoms with van der Waals surface area (Å²) in [4.78, 5) is 10.4. The van der Waals surface area contributed by atoms with Gasteiger partial charge in [-0.2, -0.15) is 0 Å². The van der Waals surface area contributed by atoms with Crippen molar-refractivity contribution < 1.29 is 0 Å². The Bertz CT molecular complexity index is 3560. The molecule has 0 atom stereocenters. The molecule has 2 nitrogen and oxygen atoms in total. The number of rotatable bonds is 5. The Morgan fingerprint density at radius 3 is 1.54 bits per heavy atom. The van der Waals surface area contributed by atoms with Gasteiger partial charge in [-0.3, -0.25) is 0 Å². The molecule has 0 aliphatic heterocycles. The van der Waals surface area contributed by atoms with E-state index in [0.717, 1.165) is 33.5 Å². The van der Waals surface area contributed by atoms with Gasteiger partial charge in [0, 0.05) is 22.1 Å². The van der Waals surface area contributed by atoms with E-state index in [2.05, 4.69) is 202 Å². The molecule has 10 aromatic carbocycles. The molecule has 11 aromatic rings. The minimum Gasteiger partial charge on any atom is -0.228 e. The van der Waals surface area contributed by atoms with Crippen molar-refractivity contribution in [1.29, 1.82) is 0 Å². The monoisotopic (exact) mass is 776 g/mol. The summed E-state index contributed by atoms with van der Waals surface area (Å²) >= 11 is 0. The first-order valence-electron chi connectivity index (χ1n) is 21.2. The maximum absolute atomic E-state index is 5.27. The molecule has 286 valence electrons. The zero-order chi connectivity index (χ0) is 40.7. The fraction of sp³-hybridized carbons (Fsp3) is 0.0508. The first-order chi connectivity index (χ1) is 30.0. The van der Waals surface area contributed by atoms with Crippen LogP contribution in [0.2, 0.25) is 0 Å². The summed E-state index contributed by atoms with van der Waals surface area (Å²) in [6, 6.07) is 74.9.